The molecule has 4 rings (SSSR count). The number of rotatable bonds is 3. The Morgan fingerprint density at radius 3 is 2.65 bits per heavy atom. The molecule has 128 valence electrons. The van der Waals surface area contributed by atoms with Gasteiger partial charge in [-0.25, -0.2) is 4.98 Å². The number of anilines is 1. The zero-order valence-corrected chi connectivity index (χ0v) is 14.1. The highest BCUT2D eigenvalue weighted by molar-refractivity contribution is 6.34. The van der Waals surface area contributed by atoms with Gasteiger partial charge in [-0.3, -0.25) is 4.79 Å². The van der Waals surface area contributed by atoms with Crippen molar-refractivity contribution in [3.63, 3.8) is 0 Å². The minimum Gasteiger partial charge on any atom is -0.508 e. The second-order valence-electron chi connectivity index (χ2n) is 5.92. The Balaban J connectivity index is 1.82. The molecule has 0 saturated heterocycles. The molecule has 0 fully saturated rings. The molecule has 26 heavy (non-hydrogen) atoms. The van der Waals surface area contributed by atoms with Crippen molar-refractivity contribution in [3.8, 4) is 22.6 Å². The number of carbonyl (C=O) groups excluding carboxylic acids is 1. The number of fused-ring (bicyclic) bond motifs is 1. The van der Waals surface area contributed by atoms with Crippen molar-refractivity contribution in [3.05, 3.63) is 71.9 Å². The number of aromatic nitrogens is 1. The first-order valence-electron chi connectivity index (χ1n) is 8.11. The van der Waals surface area contributed by atoms with E-state index in [1.54, 1.807) is 24.4 Å². The Morgan fingerprint density at radius 1 is 1.08 bits per heavy atom. The first kappa shape index (κ1) is 15.9. The Kier molecular flexibility index (Phi) is 3.89. The zero-order valence-electron chi connectivity index (χ0n) is 14.1. The van der Waals surface area contributed by atoms with Crippen LogP contribution in [0.4, 0.5) is 5.82 Å². The van der Waals surface area contributed by atoms with E-state index >= 15 is 0 Å². The van der Waals surface area contributed by atoms with Crippen LogP contribution in [-0.4, -0.2) is 23.1 Å². The fourth-order valence-corrected chi connectivity index (χ4v) is 2.97. The van der Waals surface area contributed by atoms with Crippen LogP contribution < -0.4 is 10.1 Å². The van der Waals surface area contributed by atoms with Gasteiger partial charge < -0.3 is 15.2 Å². The van der Waals surface area contributed by atoms with Gasteiger partial charge in [0.1, 0.15) is 17.3 Å². The third kappa shape index (κ3) is 2.80. The van der Waals surface area contributed by atoms with Crippen LogP contribution in [0.15, 0.2) is 60.8 Å². The molecular formula is C21H16N2O3. The molecule has 2 heterocycles. The summed E-state index contributed by atoms with van der Waals surface area (Å²) in [6.07, 6.45) is 3.49. The monoisotopic (exact) mass is 344 g/mol. The normalized spacial score (nSPS) is 14.2. The number of aromatic hydroxyl groups is 1. The van der Waals surface area contributed by atoms with Crippen molar-refractivity contribution in [1.82, 2.24) is 4.98 Å². The predicted molar refractivity (Wildman–Crippen MR) is 101 cm³/mol. The number of nitrogens with zero attached hydrogens (tertiary/aromatic N) is 1. The van der Waals surface area contributed by atoms with Crippen molar-refractivity contribution in [2.24, 2.45) is 0 Å². The highest BCUT2D eigenvalue weighted by Gasteiger charge is 2.26. The Morgan fingerprint density at radius 2 is 1.88 bits per heavy atom. The van der Waals surface area contributed by atoms with Gasteiger partial charge in [-0.2, -0.15) is 0 Å². The lowest BCUT2D eigenvalue weighted by Crippen LogP contribution is -2.04. The summed E-state index contributed by atoms with van der Waals surface area (Å²) in [4.78, 5) is 16.8. The standard InChI is InChI=1S/C21H16N2O3/c1-26-19-11-16(24)8-7-14(19)9-18-17-10-15(13-5-3-2-4-6-13)12-22-20(17)23-21(18)25/h2-12,24H,1H3,(H,22,23,25). The Hall–Kier alpha value is -3.60. The van der Waals surface area contributed by atoms with Crippen molar-refractivity contribution >= 4 is 23.4 Å². The summed E-state index contributed by atoms with van der Waals surface area (Å²) in [5, 5.41) is 12.4. The number of pyridine rings is 1. The maximum atomic E-state index is 12.4. The van der Waals surface area contributed by atoms with Gasteiger partial charge in [0.2, 0.25) is 0 Å². The number of hydrogen-bond donors (Lipinski definition) is 2. The van der Waals surface area contributed by atoms with Gasteiger partial charge in [-0.15, -0.1) is 0 Å². The van der Waals surface area contributed by atoms with E-state index in [0.29, 0.717) is 22.7 Å². The molecular weight excluding hydrogens is 328 g/mol. The summed E-state index contributed by atoms with van der Waals surface area (Å²) in [5.41, 5.74) is 3.92. The van der Waals surface area contributed by atoms with Crippen LogP contribution >= 0.6 is 0 Å². The number of hydrogen-bond acceptors (Lipinski definition) is 4. The number of phenols is 1. The van der Waals surface area contributed by atoms with E-state index in [-0.39, 0.29) is 11.7 Å². The topological polar surface area (TPSA) is 71.5 Å². The fourth-order valence-electron chi connectivity index (χ4n) is 2.97. The van der Waals surface area contributed by atoms with Crippen LogP contribution in [-0.2, 0) is 4.79 Å². The number of benzene rings is 2. The molecule has 2 N–H and O–H groups in total. The van der Waals surface area contributed by atoms with Crippen LogP contribution in [0.1, 0.15) is 11.1 Å². The van der Waals surface area contributed by atoms with E-state index in [2.05, 4.69) is 10.3 Å². The first-order valence-corrected chi connectivity index (χ1v) is 8.11. The molecule has 2 aromatic carbocycles. The van der Waals surface area contributed by atoms with E-state index in [1.807, 2.05) is 36.4 Å². The maximum absolute atomic E-state index is 12.4. The number of carbonyl (C=O) groups is 1. The quantitative estimate of drug-likeness (QED) is 0.706. The van der Waals surface area contributed by atoms with Crippen molar-refractivity contribution in [1.29, 1.82) is 0 Å². The van der Waals surface area contributed by atoms with E-state index in [9.17, 15) is 9.90 Å². The van der Waals surface area contributed by atoms with Gasteiger partial charge in [0.15, 0.2) is 0 Å². The molecule has 5 nitrogen and oxygen atoms in total. The largest absolute Gasteiger partial charge is 0.508 e. The molecule has 1 aliphatic rings. The second kappa shape index (κ2) is 6.37. The average molecular weight is 344 g/mol. The number of amides is 1. The molecule has 0 aliphatic carbocycles. The second-order valence-corrected chi connectivity index (χ2v) is 5.92. The van der Waals surface area contributed by atoms with Crippen LogP contribution in [0, 0.1) is 0 Å². The SMILES string of the molecule is COc1cc(O)ccc1C=C1C(=O)Nc2ncc(-c3ccccc3)cc21. The fraction of sp³-hybridized carbons (Fsp3) is 0.0476. The molecule has 0 spiro atoms. The van der Waals surface area contributed by atoms with Gasteiger partial charge in [-0.05, 0) is 29.8 Å². The van der Waals surface area contributed by atoms with E-state index in [4.69, 9.17) is 4.74 Å². The Bertz CT molecular complexity index is 1030. The third-order valence-corrected chi connectivity index (χ3v) is 4.28. The van der Waals surface area contributed by atoms with Crippen LogP contribution in [0.3, 0.4) is 0 Å². The summed E-state index contributed by atoms with van der Waals surface area (Å²) < 4.78 is 5.30. The summed E-state index contributed by atoms with van der Waals surface area (Å²) in [5.74, 6) is 0.922. The first-order chi connectivity index (χ1) is 12.7. The maximum Gasteiger partial charge on any atom is 0.257 e. The van der Waals surface area contributed by atoms with Gasteiger partial charge >= 0.3 is 0 Å². The van der Waals surface area contributed by atoms with Crippen LogP contribution in [0.25, 0.3) is 22.8 Å². The lowest BCUT2D eigenvalue weighted by Gasteiger charge is -2.07. The van der Waals surface area contributed by atoms with E-state index in [1.165, 1.54) is 13.2 Å². The lowest BCUT2D eigenvalue weighted by atomic mass is 10.0. The van der Waals surface area contributed by atoms with Crippen molar-refractivity contribution in [2.75, 3.05) is 12.4 Å². The highest BCUT2D eigenvalue weighted by atomic mass is 16.5. The lowest BCUT2D eigenvalue weighted by molar-refractivity contribution is -0.110. The highest BCUT2D eigenvalue weighted by Crippen LogP contribution is 2.36. The average Bonchev–Trinajstić information content (AvgIpc) is 2.98. The predicted octanol–water partition coefficient (Wildman–Crippen LogP) is 3.96. The summed E-state index contributed by atoms with van der Waals surface area (Å²) >= 11 is 0. The van der Waals surface area contributed by atoms with Crippen molar-refractivity contribution in [2.45, 2.75) is 0 Å². The number of nitrogens with one attached hydrogen (secondary N) is 1. The number of phenolic OH excluding ortho intramolecular Hbond substituents is 1. The minimum absolute atomic E-state index is 0.105. The van der Waals surface area contributed by atoms with Gasteiger partial charge in [-0.1, -0.05) is 30.3 Å². The van der Waals surface area contributed by atoms with Crippen LogP contribution in [0.5, 0.6) is 11.5 Å². The molecule has 3 aromatic rings. The molecule has 0 atom stereocenters. The van der Waals surface area contributed by atoms with Crippen molar-refractivity contribution < 1.29 is 14.6 Å². The zero-order chi connectivity index (χ0) is 18.1. The molecule has 0 unspecified atom stereocenters. The molecule has 0 saturated carbocycles. The molecule has 1 amide bonds. The van der Waals surface area contributed by atoms with E-state index in [0.717, 1.165) is 16.7 Å². The molecule has 0 bridgehead atoms. The molecule has 1 aliphatic heterocycles. The van der Waals surface area contributed by atoms with Gasteiger partial charge in [0.05, 0.1) is 12.7 Å². The smallest absolute Gasteiger partial charge is 0.257 e. The minimum atomic E-state index is -0.215. The molecule has 1 aromatic heterocycles. The summed E-state index contributed by atoms with van der Waals surface area (Å²) in [7, 11) is 1.52. The molecule has 0 radical (unpaired) electrons. The third-order valence-electron chi connectivity index (χ3n) is 4.28. The molecule has 5 heteroatoms. The van der Waals surface area contributed by atoms with Gasteiger partial charge in [0, 0.05) is 29.0 Å². The van der Waals surface area contributed by atoms with E-state index < -0.39 is 0 Å². The number of ether oxygens (including phenoxy) is 1. The number of methoxy groups -OCH3 is 1. The summed E-state index contributed by atoms with van der Waals surface area (Å²) in [6.45, 7) is 0. The summed E-state index contributed by atoms with van der Waals surface area (Å²) in [6, 6.07) is 16.6. The van der Waals surface area contributed by atoms with Crippen LogP contribution in [0.2, 0.25) is 0 Å². The van der Waals surface area contributed by atoms with Gasteiger partial charge in [0.25, 0.3) is 5.91 Å². The Labute approximate surface area is 150 Å².